The van der Waals surface area contributed by atoms with Gasteiger partial charge in [0.25, 0.3) is 0 Å². The Balaban J connectivity index is 2.01. The molecular weight excluding hydrogens is 194 g/mol. The fraction of sp³-hybridized carbons (Fsp3) is 0.400. The molecule has 72 valence electrons. The highest BCUT2D eigenvalue weighted by Gasteiger charge is 2.22. The van der Waals surface area contributed by atoms with Gasteiger partial charge in [-0.05, 0) is 30.8 Å². The summed E-state index contributed by atoms with van der Waals surface area (Å²) < 4.78 is 6.40. The molecule has 0 atom stereocenters. The lowest BCUT2D eigenvalue weighted by atomic mass is 9.93. The lowest BCUT2D eigenvalue weighted by Crippen LogP contribution is -2.16. The fourth-order valence-electron chi connectivity index (χ4n) is 1.81. The van der Waals surface area contributed by atoms with Gasteiger partial charge in [0.15, 0.2) is 0 Å². The van der Waals surface area contributed by atoms with Crippen molar-refractivity contribution < 1.29 is 0 Å². The summed E-state index contributed by atoms with van der Waals surface area (Å²) in [4.78, 5) is 4.39. The first kappa shape index (κ1) is 8.17. The maximum atomic E-state index is 4.39. The number of hydrogen-bond donors (Lipinski definition) is 0. The summed E-state index contributed by atoms with van der Waals surface area (Å²) in [6, 6.07) is 0.674. The van der Waals surface area contributed by atoms with Gasteiger partial charge in [0, 0.05) is 29.4 Å². The van der Waals surface area contributed by atoms with E-state index in [0.29, 0.717) is 6.04 Å². The zero-order chi connectivity index (χ0) is 9.38. The zero-order valence-corrected chi connectivity index (χ0v) is 8.57. The van der Waals surface area contributed by atoms with Crippen LogP contribution in [-0.2, 0) is 0 Å². The van der Waals surface area contributed by atoms with Gasteiger partial charge >= 0.3 is 0 Å². The van der Waals surface area contributed by atoms with Crippen molar-refractivity contribution in [2.75, 3.05) is 0 Å². The highest BCUT2D eigenvalue weighted by atomic mass is 32.1. The lowest BCUT2D eigenvalue weighted by molar-refractivity contribution is 0.316. The molecule has 0 bridgehead atoms. The van der Waals surface area contributed by atoms with E-state index in [9.17, 15) is 0 Å². The van der Waals surface area contributed by atoms with Gasteiger partial charge < -0.3 is 4.57 Å². The summed E-state index contributed by atoms with van der Waals surface area (Å²) in [7, 11) is 0. The van der Waals surface area contributed by atoms with Crippen molar-refractivity contribution in [3.8, 4) is 11.4 Å². The lowest BCUT2D eigenvalue weighted by Gasteiger charge is -2.28. The van der Waals surface area contributed by atoms with Crippen LogP contribution in [0.5, 0.6) is 0 Å². The molecule has 0 unspecified atom stereocenters. The van der Waals surface area contributed by atoms with Crippen LogP contribution in [-0.4, -0.2) is 13.9 Å². The Hall–Kier alpha value is -1.16. The average Bonchev–Trinajstić information content (AvgIpc) is 2.66. The Kier molecular flexibility index (Phi) is 1.87. The molecule has 0 saturated heterocycles. The van der Waals surface area contributed by atoms with Gasteiger partial charge in [0.05, 0.1) is 6.20 Å². The first-order chi connectivity index (χ1) is 6.95. The maximum Gasteiger partial charge on any atom is 0.142 e. The van der Waals surface area contributed by atoms with E-state index >= 15 is 0 Å². The molecule has 1 aliphatic rings. The number of hydrogen-bond acceptors (Lipinski definition) is 3. The average molecular weight is 205 g/mol. The summed E-state index contributed by atoms with van der Waals surface area (Å²) in [6.45, 7) is 0. The quantitative estimate of drug-likeness (QED) is 0.754. The molecule has 0 amide bonds. The predicted octanol–water partition coefficient (Wildman–Crippen LogP) is 2.73. The monoisotopic (exact) mass is 205 g/mol. The number of aromatic nitrogens is 3. The molecule has 0 N–H and O–H groups in total. The third-order valence-corrected chi connectivity index (χ3v) is 3.41. The Morgan fingerprint density at radius 1 is 1.43 bits per heavy atom. The van der Waals surface area contributed by atoms with Gasteiger partial charge in [-0.2, -0.15) is 0 Å². The third kappa shape index (κ3) is 1.18. The van der Waals surface area contributed by atoms with Crippen molar-refractivity contribution in [3.05, 3.63) is 24.0 Å². The van der Waals surface area contributed by atoms with Gasteiger partial charge in [0.2, 0.25) is 0 Å². The molecule has 0 spiro atoms. The summed E-state index contributed by atoms with van der Waals surface area (Å²) >= 11 is 1.48. The first-order valence-electron chi connectivity index (χ1n) is 4.88. The normalized spacial score (nSPS) is 16.9. The van der Waals surface area contributed by atoms with Crippen LogP contribution in [0.15, 0.2) is 24.0 Å². The number of nitrogens with zero attached hydrogens (tertiary/aromatic N) is 3. The van der Waals surface area contributed by atoms with Gasteiger partial charge in [-0.15, -0.1) is 0 Å². The molecule has 4 heteroatoms. The van der Waals surface area contributed by atoms with E-state index in [1.807, 2.05) is 12.4 Å². The van der Waals surface area contributed by atoms with E-state index in [1.54, 1.807) is 0 Å². The molecule has 1 aliphatic carbocycles. The van der Waals surface area contributed by atoms with Crippen molar-refractivity contribution in [1.29, 1.82) is 0 Å². The minimum Gasteiger partial charge on any atom is -0.328 e. The fourth-order valence-corrected chi connectivity index (χ4v) is 2.33. The van der Waals surface area contributed by atoms with E-state index in [0.717, 1.165) is 11.4 Å². The Morgan fingerprint density at radius 3 is 3.00 bits per heavy atom. The van der Waals surface area contributed by atoms with Crippen molar-refractivity contribution >= 4 is 11.5 Å². The van der Waals surface area contributed by atoms with Gasteiger partial charge in [0.1, 0.15) is 5.82 Å². The summed E-state index contributed by atoms with van der Waals surface area (Å²) in [5, 5.41) is 2.05. The van der Waals surface area contributed by atoms with Crippen molar-refractivity contribution in [2.45, 2.75) is 25.3 Å². The van der Waals surface area contributed by atoms with E-state index in [-0.39, 0.29) is 0 Å². The topological polar surface area (TPSA) is 30.7 Å². The molecule has 3 rings (SSSR count). The second-order valence-electron chi connectivity index (χ2n) is 3.66. The van der Waals surface area contributed by atoms with Crippen LogP contribution >= 0.6 is 11.5 Å². The second-order valence-corrected chi connectivity index (χ2v) is 4.31. The Morgan fingerprint density at radius 2 is 2.36 bits per heavy atom. The first-order valence-corrected chi connectivity index (χ1v) is 5.71. The van der Waals surface area contributed by atoms with E-state index in [4.69, 9.17) is 0 Å². The highest BCUT2D eigenvalue weighted by molar-refractivity contribution is 7.03. The molecule has 2 heterocycles. The maximum absolute atomic E-state index is 4.39. The van der Waals surface area contributed by atoms with Gasteiger partial charge in [-0.1, -0.05) is 0 Å². The molecule has 2 aromatic rings. The van der Waals surface area contributed by atoms with Gasteiger partial charge in [-0.25, -0.2) is 9.36 Å². The zero-order valence-electron chi connectivity index (χ0n) is 7.76. The summed E-state index contributed by atoms with van der Waals surface area (Å²) in [6.07, 6.45) is 9.79. The molecule has 0 aliphatic heterocycles. The van der Waals surface area contributed by atoms with Crippen molar-refractivity contribution in [1.82, 2.24) is 13.9 Å². The SMILES string of the molecule is c1cn(C2CCC2)c(-c2cnsc2)n1. The largest absolute Gasteiger partial charge is 0.328 e. The molecule has 3 nitrogen and oxygen atoms in total. The Bertz CT molecular complexity index is 414. The number of imidazole rings is 1. The van der Waals surface area contributed by atoms with Crippen LogP contribution in [0, 0.1) is 0 Å². The van der Waals surface area contributed by atoms with E-state index in [1.165, 1.54) is 30.8 Å². The number of rotatable bonds is 2. The van der Waals surface area contributed by atoms with E-state index in [2.05, 4.69) is 25.5 Å². The minimum absolute atomic E-state index is 0.674. The van der Waals surface area contributed by atoms with Crippen LogP contribution in [0.1, 0.15) is 25.3 Å². The standard InChI is InChI=1S/C10H11N3S/c1-2-9(3-1)13-5-4-11-10(13)8-6-12-14-7-8/h4-7,9H,1-3H2. The molecule has 2 aromatic heterocycles. The van der Waals surface area contributed by atoms with E-state index < -0.39 is 0 Å². The van der Waals surface area contributed by atoms with Crippen molar-refractivity contribution in [2.24, 2.45) is 0 Å². The van der Waals surface area contributed by atoms with Crippen molar-refractivity contribution in [3.63, 3.8) is 0 Å². The minimum atomic E-state index is 0.674. The van der Waals surface area contributed by atoms with Crippen LogP contribution in [0.3, 0.4) is 0 Å². The molecule has 14 heavy (non-hydrogen) atoms. The van der Waals surface area contributed by atoms with Gasteiger partial charge in [-0.3, -0.25) is 0 Å². The molecule has 0 radical (unpaired) electrons. The summed E-state index contributed by atoms with van der Waals surface area (Å²) in [5.41, 5.74) is 1.15. The van der Waals surface area contributed by atoms with Crippen LogP contribution in [0.2, 0.25) is 0 Å². The second kappa shape index (κ2) is 3.20. The van der Waals surface area contributed by atoms with Crippen LogP contribution in [0.4, 0.5) is 0 Å². The van der Waals surface area contributed by atoms with Crippen LogP contribution < -0.4 is 0 Å². The summed E-state index contributed by atoms with van der Waals surface area (Å²) in [5.74, 6) is 1.07. The molecule has 1 saturated carbocycles. The smallest absolute Gasteiger partial charge is 0.142 e. The molecule has 1 fully saturated rings. The molecule has 0 aromatic carbocycles. The highest BCUT2D eigenvalue weighted by Crippen LogP contribution is 2.34. The Labute approximate surface area is 86.6 Å². The molecular formula is C10H11N3S. The predicted molar refractivity (Wildman–Crippen MR) is 56.2 cm³/mol. The third-order valence-electron chi connectivity index (χ3n) is 2.83. The van der Waals surface area contributed by atoms with Crippen LogP contribution in [0.25, 0.3) is 11.4 Å².